The summed E-state index contributed by atoms with van der Waals surface area (Å²) in [5.74, 6) is 0.899. The van der Waals surface area contributed by atoms with Crippen molar-refractivity contribution in [1.29, 1.82) is 0 Å². The maximum absolute atomic E-state index is 12.5. The van der Waals surface area contributed by atoms with Crippen molar-refractivity contribution < 1.29 is 19.0 Å². The van der Waals surface area contributed by atoms with Gasteiger partial charge in [-0.3, -0.25) is 0 Å². The van der Waals surface area contributed by atoms with Gasteiger partial charge < -0.3 is 14.2 Å². The Kier molecular flexibility index (Phi) is 7.10. The third kappa shape index (κ3) is 5.82. The van der Waals surface area contributed by atoms with Gasteiger partial charge in [-0.15, -0.1) is 0 Å². The molecule has 0 unspecified atom stereocenters. The Balaban J connectivity index is 1.40. The molecule has 1 aliphatic rings. The van der Waals surface area contributed by atoms with Crippen LogP contribution in [0.15, 0.2) is 114 Å². The van der Waals surface area contributed by atoms with Gasteiger partial charge in [0.05, 0.1) is 0 Å². The molecule has 0 spiro atoms. The predicted octanol–water partition coefficient (Wildman–Crippen LogP) is 6.84. The summed E-state index contributed by atoms with van der Waals surface area (Å²) in [5.41, 5.74) is 3.69. The first-order valence-electron chi connectivity index (χ1n) is 11.4. The molecule has 0 saturated carbocycles. The lowest BCUT2D eigenvalue weighted by Gasteiger charge is -2.14. The molecule has 5 rings (SSSR count). The number of rotatable bonds is 8. The summed E-state index contributed by atoms with van der Waals surface area (Å²) in [4.78, 5) is 16.8. The summed E-state index contributed by atoms with van der Waals surface area (Å²) in [5, 5.41) is 0.594. The largest absolute Gasteiger partial charge is 0.485 e. The standard InChI is InChI=1S/C30H22ClNO4/c31-25-14-12-24(13-15-25)29-32-26(30(33)36-29)17-23-11-16-27(34-19-21-7-3-1-4-8-21)28(18-23)35-20-22-9-5-2-6-10-22/h1-18H,19-20H2/b26-17+. The van der Waals surface area contributed by atoms with Crippen molar-refractivity contribution >= 4 is 29.5 Å². The number of carbonyl (C=O) groups is 1. The smallest absolute Gasteiger partial charge is 0.363 e. The molecule has 0 saturated heterocycles. The van der Waals surface area contributed by atoms with Crippen molar-refractivity contribution in [2.24, 2.45) is 4.99 Å². The van der Waals surface area contributed by atoms with Gasteiger partial charge in [0.15, 0.2) is 17.2 Å². The molecule has 5 nitrogen and oxygen atoms in total. The Morgan fingerprint density at radius 1 is 0.750 bits per heavy atom. The fraction of sp³-hybridized carbons (Fsp3) is 0.0667. The van der Waals surface area contributed by atoms with Gasteiger partial charge in [-0.05, 0) is 59.2 Å². The fourth-order valence-corrected chi connectivity index (χ4v) is 3.73. The van der Waals surface area contributed by atoms with E-state index in [1.54, 1.807) is 30.3 Å². The van der Waals surface area contributed by atoms with Gasteiger partial charge >= 0.3 is 5.97 Å². The molecule has 0 aromatic heterocycles. The van der Waals surface area contributed by atoms with Crippen molar-refractivity contribution in [1.82, 2.24) is 0 Å². The number of ether oxygens (including phenoxy) is 3. The number of hydrogen-bond acceptors (Lipinski definition) is 5. The highest BCUT2D eigenvalue weighted by Gasteiger charge is 2.24. The molecule has 36 heavy (non-hydrogen) atoms. The Morgan fingerprint density at radius 3 is 2.00 bits per heavy atom. The molecular formula is C30H22ClNO4. The Bertz CT molecular complexity index is 1410. The molecule has 1 heterocycles. The number of nitrogens with zero attached hydrogens (tertiary/aromatic N) is 1. The van der Waals surface area contributed by atoms with Gasteiger partial charge in [-0.25, -0.2) is 9.79 Å². The second kappa shape index (κ2) is 10.9. The maximum Gasteiger partial charge on any atom is 0.363 e. The van der Waals surface area contributed by atoms with Gasteiger partial charge in [-0.2, -0.15) is 0 Å². The first-order valence-corrected chi connectivity index (χ1v) is 11.8. The molecule has 6 heteroatoms. The Labute approximate surface area is 214 Å². The van der Waals surface area contributed by atoms with Gasteiger partial charge in [0.1, 0.15) is 13.2 Å². The van der Waals surface area contributed by atoms with Crippen LogP contribution in [0.25, 0.3) is 6.08 Å². The van der Waals surface area contributed by atoms with E-state index in [2.05, 4.69) is 4.99 Å². The highest BCUT2D eigenvalue weighted by molar-refractivity contribution is 6.30. The summed E-state index contributed by atoms with van der Waals surface area (Å²) >= 11 is 5.95. The van der Waals surface area contributed by atoms with Crippen molar-refractivity contribution in [3.63, 3.8) is 0 Å². The topological polar surface area (TPSA) is 57.1 Å². The molecule has 4 aromatic carbocycles. The van der Waals surface area contributed by atoms with E-state index in [0.29, 0.717) is 35.3 Å². The van der Waals surface area contributed by atoms with Crippen LogP contribution < -0.4 is 9.47 Å². The molecule has 0 bridgehead atoms. The van der Waals surface area contributed by atoms with E-state index in [1.165, 1.54) is 0 Å². The minimum atomic E-state index is -0.517. The quantitative estimate of drug-likeness (QED) is 0.198. The van der Waals surface area contributed by atoms with Crippen LogP contribution in [0, 0.1) is 0 Å². The SMILES string of the molecule is O=C1OC(c2ccc(Cl)cc2)=N/C1=C/c1ccc(OCc2ccccc2)c(OCc2ccccc2)c1. The number of cyclic esters (lactones) is 1. The zero-order valence-corrected chi connectivity index (χ0v) is 20.0. The normalized spacial score (nSPS) is 13.9. The molecule has 1 aliphatic heterocycles. The molecule has 0 fully saturated rings. The lowest BCUT2D eigenvalue weighted by molar-refractivity contribution is -0.129. The van der Waals surface area contributed by atoms with E-state index in [1.807, 2.05) is 78.9 Å². The summed E-state index contributed by atoms with van der Waals surface area (Å²) in [7, 11) is 0. The number of carbonyl (C=O) groups excluding carboxylic acids is 1. The van der Waals surface area contributed by atoms with Gasteiger partial charge in [0, 0.05) is 10.6 Å². The monoisotopic (exact) mass is 495 g/mol. The molecule has 0 aliphatic carbocycles. The van der Waals surface area contributed by atoms with Crippen LogP contribution in [0.4, 0.5) is 0 Å². The fourth-order valence-electron chi connectivity index (χ4n) is 3.60. The van der Waals surface area contributed by atoms with Crippen molar-refractivity contribution in [2.75, 3.05) is 0 Å². The second-order valence-electron chi connectivity index (χ2n) is 8.10. The minimum Gasteiger partial charge on any atom is -0.485 e. The Hall–Kier alpha value is -4.35. The molecule has 4 aromatic rings. The maximum atomic E-state index is 12.5. The van der Waals surface area contributed by atoms with Crippen LogP contribution in [-0.4, -0.2) is 11.9 Å². The van der Waals surface area contributed by atoms with Crippen molar-refractivity contribution in [3.05, 3.63) is 136 Å². The molecular weight excluding hydrogens is 474 g/mol. The lowest BCUT2D eigenvalue weighted by Crippen LogP contribution is -2.05. The average Bonchev–Trinajstić information content (AvgIpc) is 3.28. The Morgan fingerprint density at radius 2 is 1.36 bits per heavy atom. The van der Waals surface area contributed by atoms with E-state index in [4.69, 9.17) is 25.8 Å². The first kappa shape index (κ1) is 23.4. The van der Waals surface area contributed by atoms with Crippen LogP contribution in [0.5, 0.6) is 11.5 Å². The number of halogens is 1. The summed E-state index contributed by atoms with van der Waals surface area (Å²) in [6, 6.07) is 32.3. The summed E-state index contributed by atoms with van der Waals surface area (Å²) in [6.07, 6.45) is 1.67. The van der Waals surface area contributed by atoms with Crippen LogP contribution in [0.1, 0.15) is 22.3 Å². The van der Waals surface area contributed by atoms with Crippen LogP contribution >= 0.6 is 11.6 Å². The number of hydrogen-bond donors (Lipinski definition) is 0. The van der Waals surface area contributed by atoms with Crippen molar-refractivity contribution in [2.45, 2.75) is 13.2 Å². The van der Waals surface area contributed by atoms with Crippen LogP contribution in [-0.2, 0) is 22.7 Å². The highest BCUT2D eigenvalue weighted by atomic mass is 35.5. The predicted molar refractivity (Wildman–Crippen MR) is 140 cm³/mol. The number of aliphatic imine (C=N–C) groups is 1. The number of benzene rings is 4. The van der Waals surface area contributed by atoms with E-state index in [-0.39, 0.29) is 11.6 Å². The van der Waals surface area contributed by atoms with Gasteiger partial charge in [-0.1, -0.05) is 78.3 Å². The minimum absolute atomic E-state index is 0.201. The third-order valence-corrected chi connectivity index (χ3v) is 5.71. The van der Waals surface area contributed by atoms with Gasteiger partial charge in [0.25, 0.3) is 0 Å². The van der Waals surface area contributed by atoms with E-state index in [0.717, 1.165) is 16.7 Å². The van der Waals surface area contributed by atoms with E-state index >= 15 is 0 Å². The molecule has 0 amide bonds. The lowest BCUT2D eigenvalue weighted by atomic mass is 10.1. The molecule has 0 N–H and O–H groups in total. The van der Waals surface area contributed by atoms with Crippen LogP contribution in [0.2, 0.25) is 5.02 Å². The van der Waals surface area contributed by atoms with E-state index in [9.17, 15) is 4.79 Å². The second-order valence-corrected chi connectivity index (χ2v) is 8.53. The molecule has 178 valence electrons. The zero-order chi connectivity index (χ0) is 24.7. The zero-order valence-electron chi connectivity index (χ0n) is 19.3. The van der Waals surface area contributed by atoms with Gasteiger partial charge in [0.2, 0.25) is 5.90 Å². The third-order valence-electron chi connectivity index (χ3n) is 5.46. The van der Waals surface area contributed by atoms with E-state index < -0.39 is 5.97 Å². The first-order chi connectivity index (χ1) is 17.6. The molecule has 0 atom stereocenters. The summed E-state index contributed by atoms with van der Waals surface area (Å²) in [6.45, 7) is 0.785. The average molecular weight is 496 g/mol. The van der Waals surface area contributed by atoms with Crippen LogP contribution in [0.3, 0.4) is 0 Å². The summed E-state index contributed by atoms with van der Waals surface area (Å²) < 4.78 is 17.6. The number of esters is 1. The van der Waals surface area contributed by atoms with Crippen molar-refractivity contribution in [3.8, 4) is 11.5 Å². The highest BCUT2D eigenvalue weighted by Crippen LogP contribution is 2.31. The molecule has 0 radical (unpaired) electrons.